The Morgan fingerprint density at radius 2 is 1.91 bits per heavy atom. The SMILES string of the molecule is CC[C@H](Oc1cccc(Cl)c1)C(=O)N[C@H](C)c1ccccc1. The molecule has 2 rings (SSSR count). The van der Waals surface area contributed by atoms with E-state index in [1.54, 1.807) is 24.3 Å². The molecule has 0 saturated carbocycles. The van der Waals surface area contributed by atoms with Gasteiger partial charge < -0.3 is 10.1 Å². The largest absolute Gasteiger partial charge is 0.481 e. The summed E-state index contributed by atoms with van der Waals surface area (Å²) in [5.74, 6) is 0.473. The summed E-state index contributed by atoms with van der Waals surface area (Å²) in [5, 5.41) is 3.57. The smallest absolute Gasteiger partial charge is 0.261 e. The average Bonchev–Trinajstić information content (AvgIpc) is 2.53. The van der Waals surface area contributed by atoms with Crippen LogP contribution < -0.4 is 10.1 Å². The maximum Gasteiger partial charge on any atom is 0.261 e. The van der Waals surface area contributed by atoms with Crippen LogP contribution in [0.4, 0.5) is 0 Å². The predicted molar refractivity (Wildman–Crippen MR) is 89.2 cm³/mol. The van der Waals surface area contributed by atoms with E-state index >= 15 is 0 Å². The number of ether oxygens (including phenoxy) is 1. The lowest BCUT2D eigenvalue weighted by Gasteiger charge is -2.21. The normalized spacial score (nSPS) is 13.2. The minimum Gasteiger partial charge on any atom is -0.481 e. The number of carbonyl (C=O) groups is 1. The Bertz CT molecular complexity index is 615. The molecule has 1 amide bonds. The number of halogens is 1. The summed E-state index contributed by atoms with van der Waals surface area (Å²) >= 11 is 5.93. The van der Waals surface area contributed by atoms with Gasteiger partial charge in [0.1, 0.15) is 5.75 Å². The van der Waals surface area contributed by atoms with Gasteiger partial charge in [0.2, 0.25) is 0 Å². The Balaban J connectivity index is 2.00. The molecule has 2 aromatic rings. The third kappa shape index (κ3) is 4.50. The van der Waals surface area contributed by atoms with Crippen molar-refractivity contribution in [3.63, 3.8) is 0 Å². The van der Waals surface area contributed by atoms with Crippen LogP contribution in [-0.2, 0) is 4.79 Å². The third-order valence-corrected chi connectivity index (χ3v) is 3.63. The van der Waals surface area contributed by atoms with Crippen molar-refractivity contribution in [3.05, 3.63) is 65.2 Å². The first-order valence-electron chi connectivity index (χ1n) is 7.37. The van der Waals surface area contributed by atoms with Gasteiger partial charge >= 0.3 is 0 Å². The molecule has 116 valence electrons. The summed E-state index contributed by atoms with van der Waals surface area (Å²) in [6.45, 7) is 3.88. The van der Waals surface area contributed by atoms with E-state index in [-0.39, 0.29) is 11.9 Å². The molecule has 0 heterocycles. The maximum absolute atomic E-state index is 12.4. The first-order chi connectivity index (χ1) is 10.6. The number of carbonyl (C=O) groups excluding carboxylic acids is 1. The molecule has 0 radical (unpaired) electrons. The summed E-state index contributed by atoms with van der Waals surface area (Å²) in [6.07, 6.45) is 0.0458. The number of hydrogen-bond acceptors (Lipinski definition) is 2. The summed E-state index contributed by atoms with van der Waals surface area (Å²) in [4.78, 5) is 12.4. The van der Waals surface area contributed by atoms with E-state index in [4.69, 9.17) is 16.3 Å². The molecule has 0 fully saturated rings. The maximum atomic E-state index is 12.4. The lowest BCUT2D eigenvalue weighted by atomic mass is 10.1. The first kappa shape index (κ1) is 16.4. The van der Waals surface area contributed by atoms with Gasteiger partial charge in [-0.25, -0.2) is 0 Å². The van der Waals surface area contributed by atoms with E-state index in [1.165, 1.54) is 0 Å². The fraction of sp³-hybridized carbons (Fsp3) is 0.278. The molecular weight excluding hydrogens is 298 g/mol. The van der Waals surface area contributed by atoms with E-state index in [9.17, 15) is 4.79 Å². The first-order valence-corrected chi connectivity index (χ1v) is 7.75. The molecule has 0 aliphatic heterocycles. The van der Waals surface area contributed by atoms with Crippen LogP contribution in [0.15, 0.2) is 54.6 Å². The van der Waals surface area contributed by atoms with E-state index in [1.807, 2.05) is 44.2 Å². The second-order valence-electron chi connectivity index (χ2n) is 5.11. The Morgan fingerprint density at radius 1 is 1.18 bits per heavy atom. The number of amides is 1. The Labute approximate surface area is 136 Å². The van der Waals surface area contributed by atoms with Gasteiger partial charge in [0.05, 0.1) is 6.04 Å². The zero-order valence-corrected chi connectivity index (χ0v) is 13.5. The monoisotopic (exact) mass is 317 g/mol. The predicted octanol–water partition coefficient (Wildman–Crippen LogP) is 4.37. The standard InChI is InChI=1S/C18H20ClNO2/c1-3-17(22-16-11-7-10-15(19)12-16)18(21)20-13(2)14-8-5-4-6-9-14/h4-13,17H,3H2,1-2H3,(H,20,21)/t13-,17+/m1/s1. The molecule has 2 atom stereocenters. The molecule has 22 heavy (non-hydrogen) atoms. The highest BCUT2D eigenvalue weighted by Gasteiger charge is 2.20. The van der Waals surface area contributed by atoms with Crippen molar-refractivity contribution in [2.75, 3.05) is 0 Å². The summed E-state index contributed by atoms with van der Waals surface area (Å²) < 4.78 is 5.75. The van der Waals surface area contributed by atoms with Crippen LogP contribution in [0.5, 0.6) is 5.75 Å². The van der Waals surface area contributed by atoms with E-state index in [2.05, 4.69) is 5.32 Å². The molecule has 4 heteroatoms. The molecule has 0 aliphatic rings. The van der Waals surface area contributed by atoms with Crippen LogP contribution in [0.2, 0.25) is 5.02 Å². The van der Waals surface area contributed by atoms with Gasteiger partial charge in [-0.15, -0.1) is 0 Å². The summed E-state index contributed by atoms with van der Waals surface area (Å²) in [6, 6.07) is 16.9. The second-order valence-corrected chi connectivity index (χ2v) is 5.55. The summed E-state index contributed by atoms with van der Waals surface area (Å²) in [7, 11) is 0. The van der Waals surface area contributed by atoms with Gasteiger partial charge in [-0.05, 0) is 37.1 Å². The Hall–Kier alpha value is -2.00. The van der Waals surface area contributed by atoms with Gasteiger partial charge in [-0.2, -0.15) is 0 Å². The highest BCUT2D eigenvalue weighted by atomic mass is 35.5. The zero-order valence-electron chi connectivity index (χ0n) is 12.8. The molecule has 0 saturated heterocycles. The highest BCUT2D eigenvalue weighted by Crippen LogP contribution is 2.20. The average molecular weight is 318 g/mol. The minimum atomic E-state index is -0.537. The fourth-order valence-corrected chi connectivity index (χ4v) is 2.34. The van der Waals surface area contributed by atoms with Gasteiger partial charge in [-0.3, -0.25) is 4.79 Å². The van der Waals surface area contributed by atoms with Crippen molar-refractivity contribution in [1.82, 2.24) is 5.32 Å². The van der Waals surface area contributed by atoms with E-state index < -0.39 is 6.10 Å². The molecule has 0 spiro atoms. The van der Waals surface area contributed by atoms with Crippen LogP contribution in [0, 0.1) is 0 Å². The van der Waals surface area contributed by atoms with Crippen molar-refractivity contribution in [1.29, 1.82) is 0 Å². The number of rotatable bonds is 6. The van der Waals surface area contributed by atoms with Crippen LogP contribution in [0.1, 0.15) is 31.9 Å². The fourth-order valence-electron chi connectivity index (χ4n) is 2.16. The lowest BCUT2D eigenvalue weighted by Crippen LogP contribution is -2.39. The van der Waals surface area contributed by atoms with E-state index in [0.717, 1.165) is 5.56 Å². The van der Waals surface area contributed by atoms with Crippen LogP contribution in [0.25, 0.3) is 0 Å². The Kier molecular flexibility index (Phi) is 5.84. The lowest BCUT2D eigenvalue weighted by molar-refractivity contribution is -0.128. The topological polar surface area (TPSA) is 38.3 Å². The van der Waals surface area contributed by atoms with Crippen molar-refractivity contribution in [2.24, 2.45) is 0 Å². The molecule has 0 aliphatic carbocycles. The quantitative estimate of drug-likeness (QED) is 0.859. The molecule has 0 unspecified atom stereocenters. The number of nitrogens with one attached hydrogen (secondary N) is 1. The van der Waals surface area contributed by atoms with Crippen molar-refractivity contribution < 1.29 is 9.53 Å². The number of hydrogen-bond donors (Lipinski definition) is 1. The number of benzene rings is 2. The van der Waals surface area contributed by atoms with Crippen molar-refractivity contribution >= 4 is 17.5 Å². The molecule has 2 aromatic carbocycles. The minimum absolute atomic E-state index is 0.0642. The molecule has 0 bridgehead atoms. The Morgan fingerprint density at radius 3 is 2.55 bits per heavy atom. The highest BCUT2D eigenvalue weighted by molar-refractivity contribution is 6.30. The van der Waals surface area contributed by atoms with Crippen LogP contribution >= 0.6 is 11.6 Å². The van der Waals surface area contributed by atoms with Gasteiger partial charge in [0.25, 0.3) is 5.91 Å². The van der Waals surface area contributed by atoms with Crippen LogP contribution in [-0.4, -0.2) is 12.0 Å². The van der Waals surface area contributed by atoms with Gasteiger partial charge in [0.15, 0.2) is 6.10 Å². The zero-order chi connectivity index (χ0) is 15.9. The van der Waals surface area contributed by atoms with Crippen LogP contribution in [0.3, 0.4) is 0 Å². The molecule has 1 N–H and O–H groups in total. The second kappa shape index (κ2) is 7.85. The van der Waals surface area contributed by atoms with Crippen molar-refractivity contribution in [3.8, 4) is 5.75 Å². The molecule has 0 aromatic heterocycles. The van der Waals surface area contributed by atoms with Gasteiger partial charge in [0, 0.05) is 5.02 Å². The molecular formula is C18H20ClNO2. The van der Waals surface area contributed by atoms with Gasteiger partial charge in [-0.1, -0.05) is 54.9 Å². The third-order valence-electron chi connectivity index (χ3n) is 3.40. The van der Waals surface area contributed by atoms with E-state index in [0.29, 0.717) is 17.2 Å². The van der Waals surface area contributed by atoms with Crippen molar-refractivity contribution in [2.45, 2.75) is 32.4 Å². The molecule has 3 nitrogen and oxygen atoms in total. The summed E-state index contributed by atoms with van der Waals surface area (Å²) in [5.41, 5.74) is 1.06.